The highest BCUT2D eigenvalue weighted by Gasteiger charge is 2.46. The molecule has 2 atom stereocenters. The van der Waals surface area contributed by atoms with E-state index in [1.165, 1.54) is 27.8 Å². The summed E-state index contributed by atoms with van der Waals surface area (Å²) in [6.07, 6.45) is -5.31. The third-order valence-corrected chi connectivity index (χ3v) is 8.39. The first-order chi connectivity index (χ1) is 20.5. The number of ether oxygens (including phenoxy) is 1. The number of fused-ring (bicyclic) bond motifs is 1. The lowest BCUT2D eigenvalue weighted by Gasteiger charge is -2.38. The van der Waals surface area contributed by atoms with Gasteiger partial charge in [-0.3, -0.25) is 19.2 Å². The Hall–Kier alpha value is -3.58. The van der Waals surface area contributed by atoms with Crippen LogP contribution in [0.1, 0.15) is 49.6 Å². The van der Waals surface area contributed by atoms with E-state index in [9.17, 15) is 27.6 Å². The average Bonchev–Trinajstić information content (AvgIpc) is 3.37. The minimum Gasteiger partial charge on any atom is -0.444 e. The Labute approximate surface area is 259 Å². The van der Waals surface area contributed by atoms with E-state index in [1.807, 2.05) is 0 Å². The summed E-state index contributed by atoms with van der Waals surface area (Å²) in [5, 5.41) is 4.46. The molecular weight excluding hydrogens is 624 g/mol. The molecule has 3 aromatic rings. The number of likely N-dealkylation sites (tertiary alicyclic amines) is 1. The van der Waals surface area contributed by atoms with Gasteiger partial charge in [0.1, 0.15) is 11.8 Å². The van der Waals surface area contributed by atoms with Gasteiger partial charge in [-0.15, -0.1) is 0 Å². The Morgan fingerprint density at radius 1 is 1.16 bits per heavy atom. The molecule has 0 aliphatic carbocycles. The van der Waals surface area contributed by atoms with Crippen molar-refractivity contribution in [3.8, 4) is 0 Å². The lowest BCUT2D eigenvalue weighted by atomic mass is 10.0. The summed E-state index contributed by atoms with van der Waals surface area (Å²) < 4.78 is 62.9. The third kappa shape index (κ3) is 6.58. The number of carbonyl (C=O) groups is 3. The summed E-state index contributed by atoms with van der Waals surface area (Å²) in [6, 6.07) is 7.65. The molecule has 2 unspecified atom stereocenters. The zero-order valence-corrected chi connectivity index (χ0v) is 25.8. The van der Waals surface area contributed by atoms with Crippen LogP contribution in [0.4, 0.5) is 27.2 Å². The summed E-state index contributed by atoms with van der Waals surface area (Å²) in [6.45, 7) is 6.51. The molecule has 1 aromatic heterocycles. The number of aromatic nitrogens is 2. The van der Waals surface area contributed by atoms with Crippen LogP contribution >= 0.6 is 23.4 Å². The maximum atomic E-state index is 15.2. The molecule has 2 aromatic carbocycles. The largest absolute Gasteiger partial charge is 0.444 e. The molecule has 8 nitrogen and oxygen atoms in total. The van der Waals surface area contributed by atoms with Crippen molar-refractivity contribution in [1.29, 1.82) is 0 Å². The van der Waals surface area contributed by atoms with Gasteiger partial charge >= 0.3 is 12.3 Å². The fraction of sp³-hybridized carbons (Fsp3) is 0.400. The minimum atomic E-state index is -4.59. The molecule has 3 heterocycles. The number of hydrogen-bond acceptors (Lipinski definition) is 6. The van der Waals surface area contributed by atoms with Gasteiger partial charge in [-0.1, -0.05) is 23.7 Å². The summed E-state index contributed by atoms with van der Waals surface area (Å²) in [5.41, 5.74) is 0.113. The van der Waals surface area contributed by atoms with Crippen LogP contribution in [-0.2, 0) is 22.3 Å². The highest BCUT2D eigenvalue weighted by atomic mass is 35.5. The number of amides is 3. The second kappa shape index (κ2) is 11.7. The fourth-order valence-corrected chi connectivity index (χ4v) is 6.33. The Morgan fingerprint density at radius 2 is 1.89 bits per heavy atom. The predicted molar refractivity (Wildman–Crippen MR) is 159 cm³/mol. The zero-order valence-electron chi connectivity index (χ0n) is 24.2. The summed E-state index contributed by atoms with van der Waals surface area (Å²) >= 11 is 6.51. The lowest BCUT2D eigenvalue weighted by Crippen LogP contribution is -2.55. The smallest absolute Gasteiger partial charge is 0.416 e. The highest BCUT2D eigenvalue weighted by Crippen LogP contribution is 2.38. The molecule has 0 radical (unpaired) electrons. The van der Waals surface area contributed by atoms with Crippen LogP contribution in [0.2, 0.25) is 5.02 Å². The first kappa shape index (κ1) is 31.8. The fourth-order valence-electron chi connectivity index (χ4n) is 5.27. The maximum Gasteiger partial charge on any atom is 0.416 e. The molecule has 2 fully saturated rings. The average molecular weight is 653 g/mol. The van der Waals surface area contributed by atoms with E-state index in [0.717, 1.165) is 11.0 Å². The number of alkyl halides is 4. The number of halogens is 5. The maximum absolute atomic E-state index is 15.2. The van der Waals surface area contributed by atoms with E-state index in [4.69, 9.17) is 16.3 Å². The van der Waals surface area contributed by atoms with E-state index >= 15 is 4.39 Å². The van der Waals surface area contributed by atoms with Gasteiger partial charge in [-0.25, -0.2) is 9.18 Å². The van der Waals surface area contributed by atoms with Gasteiger partial charge in [0.05, 0.1) is 40.8 Å². The van der Waals surface area contributed by atoms with Gasteiger partial charge in [0.2, 0.25) is 0 Å². The zero-order chi connectivity index (χ0) is 32.1. The van der Waals surface area contributed by atoms with Crippen molar-refractivity contribution >= 4 is 57.6 Å². The molecule has 44 heavy (non-hydrogen) atoms. The van der Waals surface area contributed by atoms with Gasteiger partial charge in [-0.2, -0.15) is 18.3 Å². The SMILES string of the molecule is Cc1nn(Cc2ccc(Cl)cc2C(F)(F)F)c2ccc(C=C3SC(=O)N(C4CCN(C(=O)OC(C)(C)C)CC4F)C3=O)cc12. The Morgan fingerprint density at radius 3 is 2.55 bits per heavy atom. The second-order valence-electron chi connectivity index (χ2n) is 11.7. The van der Waals surface area contributed by atoms with E-state index in [0.29, 0.717) is 33.9 Å². The van der Waals surface area contributed by atoms with Gasteiger partial charge < -0.3 is 9.64 Å². The highest BCUT2D eigenvalue weighted by molar-refractivity contribution is 8.18. The summed E-state index contributed by atoms with van der Waals surface area (Å²) in [5.74, 6) is -0.631. The molecule has 234 valence electrons. The van der Waals surface area contributed by atoms with E-state index in [2.05, 4.69) is 5.10 Å². The van der Waals surface area contributed by atoms with Gasteiger partial charge in [0, 0.05) is 17.0 Å². The van der Waals surface area contributed by atoms with E-state index in [-0.39, 0.29) is 41.5 Å². The van der Waals surface area contributed by atoms with Crippen molar-refractivity contribution in [2.75, 3.05) is 13.1 Å². The number of hydrogen-bond donors (Lipinski definition) is 0. The quantitative estimate of drug-likeness (QED) is 0.215. The normalized spacial score (nSPS) is 20.7. The Kier molecular flexibility index (Phi) is 8.49. The second-order valence-corrected chi connectivity index (χ2v) is 13.1. The number of nitrogens with zero attached hydrogens (tertiary/aromatic N) is 4. The Bertz CT molecular complexity index is 1680. The van der Waals surface area contributed by atoms with Crippen molar-refractivity contribution in [3.63, 3.8) is 0 Å². The van der Waals surface area contributed by atoms with Crippen molar-refractivity contribution in [2.24, 2.45) is 0 Å². The molecule has 5 rings (SSSR count). The number of piperidine rings is 1. The Balaban J connectivity index is 1.34. The number of carbonyl (C=O) groups excluding carboxylic acids is 3. The number of thioether (sulfide) groups is 1. The van der Waals surface area contributed by atoms with Crippen molar-refractivity contribution in [3.05, 3.63) is 68.7 Å². The molecular formula is C30H29ClF4N4O4S. The molecule has 2 aliphatic rings. The molecule has 0 bridgehead atoms. The first-order valence-corrected chi connectivity index (χ1v) is 14.9. The van der Waals surface area contributed by atoms with Crippen LogP contribution in [0.15, 0.2) is 41.3 Å². The van der Waals surface area contributed by atoms with Crippen LogP contribution in [-0.4, -0.2) is 67.7 Å². The lowest BCUT2D eigenvalue weighted by molar-refractivity contribution is -0.138. The molecule has 2 aliphatic heterocycles. The van der Waals surface area contributed by atoms with Gasteiger partial charge in [-0.05, 0) is 87.3 Å². The molecule has 3 amide bonds. The molecule has 0 saturated carbocycles. The number of aryl methyl sites for hydroxylation is 1. The minimum absolute atomic E-state index is 0.00662. The van der Waals surface area contributed by atoms with Crippen LogP contribution < -0.4 is 0 Å². The van der Waals surface area contributed by atoms with E-state index < -0.39 is 46.8 Å². The van der Waals surface area contributed by atoms with Crippen molar-refractivity contribution < 1.29 is 36.7 Å². The van der Waals surface area contributed by atoms with Crippen LogP contribution in [0.3, 0.4) is 0 Å². The number of benzene rings is 2. The summed E-state index contributed by atoms with van der Waals surface area (Å²) in [4.78, 5) is 40.7. The topological polar surface area (TPSA) is 84.7 Å². The number of rotatable bonds is 4. The standard InChI is InChI=1S/C30H29ClF4N4O4S/c1-16-20-11-17(5-8-23(20)38(36-16)14-18-6-7-19(31)13-21(18)30(33,34)35)12-25-26(40)39(28(42)44-25)24-9-10-37(15-22(24)32)27(41)43-29(2,3)4/h5-8,11-13,22,24H,9-10,14-15H2,1-4H3. The van der Waals surface area contributed by atoms with Crippen LogP contribution in [0.5, 0.6) is 0 Å². The predicted octanol–water partition coefficient (Wildman–Crippen LogP) is 7.45. The van der Waals surface area contributed by atoms with E-state index in [1.54, 1.807) is 45.9 Å². The monoisotopic (exact) mass is 652 g/mol. The van der Waals surface area contributed by atoms with Gasteiger partial charge in [0.15, 0.2) is 0 Å². The number of imide groups is 1. The van der Waals surface area contributed by atoms with Gasteiger partial charge in [0.25, 0.3) is 11.1 Å². The molecule has 2 saturated heterocycles. The first-order valence-electron chi connectivity index (χ1n) is 13.7. The molecule has 0 spiro atoms. The summed E-state index contributed by atoms with van der Waals surface area (Å²) in [7, 11) is 0. The van der Waals surface area contributed by atoms with Crippen LogP contribution in [0.25, 0.3) is 17.0 Å². The molecule has 0 N–H and O–H groups in total. The van der Waals surface area contributed by atoms with Crippen molar-refractivity contribution in [1.82, 2.24) is 19.6 Å². The third-order valence-electron chi connectivity index (χ3n) is 7.27. The molecule has 14 heteroatoms. The van der Waals surface area contributed by atoms with Crippen molar-refractivity contribution in [2.45, 2.75) is 64.7 Å². The van der Waals surface area contributed by atoms with Crippen LogP contribution in [0, 0.1) is 6.92 Å².